The number of nitrogens with zero attached hydrogens (tertiary/aromatic N) is 1. The van der Waals surface area contributed by atoms with Crippen LogP contribution in [0.3, 0.4) is 0 Å². The summed E-state index contributed by atoms with van der Waals surface area (Å²) in [5, 5.41) is 33.3. The number of hydrogen-bond donors (Lipinski definition) is 4. The maximum atomic E-state index is 12.0. The number of aliphatic carboxylic acids is 2. The van der Waals surface area contributed by atoms with E-state index in [-0.39, 0.29) is 48.0 Å². The fourth-order valence-corrected chi connectivity index (χ4v) is 9.26. The monoisotopic (exact) mass is 492 g/mol. The summed E-state index contributed by atoms with van der Waals surface area (Å²) < 4.78 is 13.4. The summed E-state index contributed by atoms with van der Waals surface area (Å²) in [6.45, 7) is 2.13. The van der Waals surface area contributed by atoms with Gasteiger partial charge in [0.05, 0.1) is 23.9 Å². The largest absolute Gasteiger partial charge is 0.481 e. The minimum atomic E-state index is -1.03. The molecule has 2 heterocycles. The van der Waals surface area contributed by atoms with Gasteiger partial charge in [0.25, 0.3) is 0 Å². The van der Waals surface area contributed by atoms with Crippen molar-refractivity contribution in [1.29, 1.82) is 0 Å². The van der Waals surface area contributed by atoms with E-state index in [1.54, 1.807) is 0 Å². The highest BCUT2D eigenvalue weighted by molar-refractivity contribution is 5.75. The van der Waals surface area contributed by atoms with Gasteiger partial charge in [-0.05, 0) is 76.2 Å². The van der Waals surface area contributed by atoms with Crippen LogP contribution in [-0.4, -0.2) is 94.4 Å². The standard InChI is InChI=1S/C26H40N2O7/c1-34-26-9-8-16(27-17(24(32)33)5-7-20(30)31)23-25(26)10-11-28(13-14-2-3-14)19(26)12-15-4-6-18(29)22(35-23)21(15)25/h14-19,21-23,27,29H,2-13H2,1H3,(H,30,31)(H,32,33)/t15?,16-,17+,18?,19?,21?,22?,23+,25+,26-/m1/s1. The van der Waals surface area contributed by atoms with Crippen LogP contribution in [-0.2, 0) is 19.1 Å². The molecule has 4 N–H and O–H groups in total. The van der Waals surface area contributed by atoms with E-state index in [1.165, 1.54) is 12.8 Å². The van der Waals surface area contributed by atoms with Gasteiger partial charge < -0.3 is 24.8 Å². The van der Waals surface area contributed by atoms with E-state index in [2.05, 4.69) is 10.2 Å². The third-order valence-electron chi connectivity index (χ3n) is 10.7. The lowest BCUT2D eigenvalue weighted by molar-refractivity contribution is -0.272. The molecule has 6 fully saturated rings. The molecule has 5 unspecified atom stereocenters. The third kappa shape index (κ3) is 3.52. The number of methoxy groups -OCH3 is 1. The summed E-state index contributed by atoms with van der Waals surface area (Å²) >= 11 is 0. The number of carboxylic acids is 2. The molecular weight excluding hydrogens is 452 g/mol. The first-order valence-electron chi connectivity index (χ1n) is 13.6. The van der Waals surface area contributed by atoms with Crippen molar-refractivity contribution in [3.63, 3.8) is 0 Å². The van der Waals surface area contributed by atoms with Crippen LogP contribution in [0.5, 0.6) is 0 Å². The molecule has 0 aromatic carbocycles. The lowest BCUT2D eigenvalue weighted by Crippen LogP contribution is -2.79. The van der Waals surface area contributed by atoms with Crippen molar-refractivity contribution in [3.8, 4) is 0 Å². The molecule has 10 atom stereocenters. The van der Waals surface area contributed by atoms with Crippen LogP contribution in [0.4, 0.5) is 0 Å². The Hall–Kier alpha value is -1.26. The fourth-order valence-electron chi connectivity index (χ4n) is 9.26. The van der Waals surface area contributed by atoms with Gasteiger partial charge in [0.2, 0.25) is 0 Å². The molecule has 196 valence electrons. The van der Waals surface area contributed by atoms with Gasteiger partial charge in [0.15, 0.2) is 0 Å². The summed E-state index contributed by atoms with van der Waals surface area (Å²) in [6, 6.07) is -0.824. The van der Waals surface area contributed by atoms with Crippen molar-refractivity contribution in [1.82, 2.24) is 10.2 Å². The average molecular weight is 493 g/mol. The van der Waals surface area contributed by atoms with E-state index in [9.17, 15) is 19.8 Å². The molecule has 35 heavy (non-hydrogen) atoms. The molecule has 9 nitrogen and oxygen atoms in total. The number of likely N-dealkylation sites (tertiary alicyclic amines) is 1. The zero-order chi connectivity index (χ0) is 24.5. The van der Waals surface area contributed by atoms with Gasteiger partial charge >= 0.3 is 11.9 Å². The van der Waals surface area contributed by atoms with Gasteiger partial charge in [-0.15, -0.1) is 0 Å². The van der Waals surface area contributed by atoms with Crippen molar-refractivity contribution in [3.05, 3.63) is 0 Å². The first-order chi connectivity index (χ1) is 16.8. The highest BCUT2D eigenvalue weighted by Gasteiger charge is 2.78. The number of hydrogen-bond acceptors (Lipinski definition) is 7. The maximum absolute atomic E-state index is 12.0. The number of carboxylic acid groups (broad SMARTS) is 2. The van der Waals surface area contributed by atoms with Crippen LogP contribution in [0.15, 0.2) is 0 Å². The van der Waals surface area contributed by atoms with Gasteiger partial charge in [-0.1, -0.05) is 0 Å². The van der Waals surface area contributed by atoms with E-state index in [0.717, 1.165) is 51.1 Å². The summed E-state index contributed by atoms with van der Waals surface area (Å²) in [7, 11) is 1.85. The second-order valence-electron chi connectivity index (χ2n) is 12.2. The van der Waals surface area contributed by atoms with Crippen molar-refractivity contribution >= 4 is 11.9 Å². The number of carbonyl (C=O) groups is 2. The zero-order valence-electron chi connectivity index (χ0n) is 20.6. The summed E-state index contributed by atoms with van der Waals surface area (Å²) in [6.07, 6.45) is 6.79. The van der Waals surface area contributed by atoms with E-state index >= 15 is 0 Å². The molecule has 4 saturated carbocycles. The average Bonchev–Trinajstić information content (AvgIpc) is 3.57. The van der Waals surface area contributed by atoms with E-state index in [4.69, 9.17) is 14.6 Å². The predicted molar refractivity (Wildman–Crippen MR) is 125 cm³/mol. The Balaban J connectivity index is 1.36. The molecule has 0 aromatic rings. The topological polar surface area (TPSA) is 129 Å². The maximum Gasteiger partial charge on any atom is 0.320 e. The van der Waals surface area contributed by atoms with Crippen LogP contribution >= 0.6 is 0 Å². The molecular formula is C26H40N2O7. The Morgan fingerprint density at radius 3 is 2.66 bits per heavy atom. The van der Waals surface area contributed by atoms with Crippen LogP contribution in [0.2, 0.25) is 0 Å². The number of aliphatic hydroxyl groups excluding tert-OH is 1. The molecule has 2 aliphatic heterocycles. The molecule has 9 heteroatoms. The Morgan fingerprint density at radius 2 is 1.97 bits per heavy atom. The van der Waals surface area contributed by atoms with E-state index in [0.29, 0.717) is 18.4 Å². The second kappa shape index (κ2) is 8.65. The Bertz CT molecular complexity index is 867. The summed E-state index contributed by atoms with van der Waals surface area (Å²) in [4.78, 5) is 25.9. The van der Waals surface area contributed by atoms with Crippen LogP contribution < -0.4 is 5.32 Å². The first-order valence-corrected chi connectivity index (χ1v) is 13.6. The number of rotatable bonds is 9. The minimum Gasteiger partial charge on any atom is -0.481 e. The first kappa shape index (κ1) is 24.1. The molecule has 2 saturated heterocycles. The lowest BCUT2D eigenvalue weighted by atomic mass is 9.42. The smallest absolute Gasteiger partial charge is 0.320 e. The number of ether oxygens (including phenoxy) is 2. The normalized spacial score (nSPS) is 47.2. The molecule has 0 radical (unpaired) electrons. The van der Waals surface area contributed by atoms with E-state index in [1.807, 2.05) is 7.11 Å². The van der Waals surface area contributed by atoms with Gasteiger partial charge in [-0.3, -0.25) is 19.8 Å². The fraction of sp³-hybridized carbons (Fsp3) is 0.923. The quantitative estimate of drug-likeness (QED) is 0.378. The Kier molecular flexibility index (Phi) is 5.96. The van der Waals surface area contributed by atoms with Crippen molar-refractivity contribution in [2.24, 2.45) is 23.2 Å². The summed E-state index contributed by atoms with van der Waals surface area (Å²) in [5.74, 6) is -0.532. The SMILES string of the molecule is CO[C@]12CC[C@@H](N[C@@H](CCC(=O)O)C(=O)O)[C@@H]3OC4C(O)CCC5CC1N(CC1CC1)CC[C@]32C54. The molecule has 4 aliphatic carbocycles. The number of piperidine rings is 1. The van der Waals surface area contributed by atoms with Crippen LogP contribution in [0, 0.1) is 23.2 Å². The van der Waals surface area contributed by atoms with Crippen LogP contribution in [0.25, 0.3) is 0 Å². The lowest BCUT2D eigenvalue weighted by Gasteiger charge is -2.70. The molecule has 6 aliphatic rings. The molecule has 0 amide bonds. The highest BCUT2D eigenvalue weighted by atomic mass is 16.5. The Labute approximate surface area is 206 Å². The highest BCUT2D eigenvalue weighted by Crippen LogP contribution is 2.70. The molecule has 1 spiro atoms. The van der Waals surface area contributed by atoms with Crippen molar-refractivity contribution in [2.45, 2.75) is 106 Å². The minimum absolute atomic E-state index is 0.0339. The predicted octanol–water partition coefficient (Wildman–Crippen LogP) is 1.47. The summed E-state index contributed by atoms with van der Waals surface area (Å²) in [5.41, 5.74) is -0.636. The van der Waals surface area contributed by atoms with Gasteiger partial charge in [0.1, 0.15) is 6.04 Å². The number of aliphatic hydroxyl groups is 1. The zero-order valence-corrected chi connectivity index (χ0v) is 20.6. The van der Waals surface area contributed by atoms with Gasteiger partial charge in [-0.25, -0.2) is 0 Å². The third-order valence-corrected chi connectivity index (χ3v) is 10.7. The van der Waals surface area contributed by atoms with Crippen molar-refractivity contribution in [2.75, 3.05) is 20.2 Å². The van der Waals surface area contributed by atoms with Crippen molar-refractivity contribution < 1.29 is 34.4 Å². The van der Waals surface area contributed by atoms with Gasteiger partial charge in [-0.2, -0.15) is 0 Å². The molecule has 2 bridgehead atoms. The van der Waals surface area contributed by atoms with Crippen LogP contribution in [0.1, 0.15) is 64.2 Å². The molecule has 6 rings (SSSR count). The van der Waals surface area contributed by atoms with E-state index < -0.39 is 24.1 Å². The van der Waals surface area contributed by atoms with Gasteiger partial charge in [0, 0.05) is 43.5 Å². The Morgan fingerprint density at radius 1 is 1.17 bits per heavy atom. The molecule has 0 aromatic heterocycles. The number of nitrogens with one attached hydrogen (secondary N) is 1. The second-order valence-corrected chi connectivity index (χ2v) is 12.2.